The van der Waals surface area contributed by atoms with E-state index in [0.29, 0.717) is 12.0 Å². The lowest BCUT2D eigenvalue weighted by Gasteiger charge is -2.40. The summed E-state index contributed by atoms with van der Waals surface area (Å²) < 4.78 is 18.9. The Hall–Kier alpha value is -3.12. The molecule has 0 spiro atoms. The molecule has 1 fully saturated rings. The smallest absolute Gasteiger partial charge is 0.241 e. The van der Waals surface area contributed by atoms with E-state index in [9.17, 15) is 19.1 Å². The first-order valence-corrected chi connectivity index (χ1v) is 10.1. The number of nitrogens with zero attached hydrogens (tertiary/aromatic N) is 1. The SMILES string of the molecule is C=CC1=CCC2C(=O)N(c3ccc(F)c(Cl)c3)C(=O)C2(C)C1c1cccc(OC)c1O. The summed E-state index contributed by atoms with van der Waals surface area (Å²) >= 11 is 5.90. The summed E-state index contributed by atoms with van der Waals surface area (Å²) in [4.78, 5) is 28.2. The fourth-order valence-electron chi connectivity index (χ4n) is 4.80. The van der Waals surface area contributed by atoms with Crippen LogP contribution in [0.25, 0.3) is 0 Å². The monoisotopic (exact) mass is 441 g/mol. The number of aromatic hydroxyl groups is 1. The van der Waals surface area contributed by atoms with Crippen LogP contribution in [0, 0.1) is 17.2 Å². The number of halogens is 2. The van der Waals surface area contributed by atoms with E-state index in [2.05, 4.69) is 6.58 Å². The number of methoxy groups -OCH3 is 1. The molecule has 0 bridgehead atoms. The number of allylic oxidation sites excluding steroid dienone is 3. The average molecular weight is 442 g/mol. The molecule has 1 saturated heterocycles. The third-order valence-corrected chi connectivity index (χ3v) is 6.68. The Bertz CT molecular complexity index is 1140. The molecule has 2 aromatic rings. The minimum atomic E-state index is -1.19. The number of fused-ring (bicyclic) bond motifs is 1. The second-order valence-electron chi connectivity index (χ2n) is 7.89. The van der Waals surface area contributed by atoms with Gasteiger partial charge in [0.15, 0.2) is 11.5 Å². The predicted octanol–water partition coefficient (Wildman–Crippen LogP) is 4.99. The second-order valence-corrected chi connectivity index (χ2v) is 8.29. The van der Waals surface area contributed by atoms with Crippen molar-refractivity contribution in [3.05, 3.63) is 77.1 Å². The highest BCUT2D eigenvalue weighted by Gasteiger charge is 2.62. The number of hydrogen-bond acceptors (Lipinski definition) is 4. The van der Waals surface area contributed by atoms with E-state index in [1.54, 1.807) is 31.2 Å². The van der Waals surface area contributed by atoms with Gasteiger partial charge in [0.25, 0.3) is 0 Å². The molecule has 1 heterocycles. The van der Waals surface area contributed by atoms with Crippen LogP contribution in [0.1, 0.15) is 24.8 Å². The molecule has 1 aliphatic heterocycles. The number of benzene rings is 2. The first-order chi connectivity index (χ1) is 14.7. The number of anilines is 1. The van der Waals surface area contributed by atoms with Crippen LogP contribution in [-0.4, -0.2) is 24.0 Å². The number of rotatable bonds is 4. The highest BCUT2D eigenvalue weighted by Crippen LogP contribution is 2.58. The number of para-hydroxylation sites is 1. The second kappa shape index (κ2) is 7.54. The molecule has 160 valence electrons. The van der Waals surface area contributed by atoms with Gasteiger partial charge in [0.05, 0.1) is 29.2 Å². The van der Waals surface area contributed by atoms with Crippen LogP contribution in [0.4, 0.5) is 10.1 Å². The molecule has 3 unspecified atom stereocenters. The fourth-order valence-corrected chi connectivity index (χ4v) is 4.97. The van der Waals surface area contributed by atoms with Crippen LogP contribution >= 0.6 is 11.6 Å². The fraction of sp³-hybridized carbons (Fsp3) is 0.250. The lowest BCUT2D eigenvalue weighted by Crippen LogP contribution is -2.41. The van der Waals surface area contributed by atoms with Crippen LogP contribution in [-0.2, 0) is 9.59 Å². The molecule has 5 nitrogen and oxygen atoms in total. The van der Waals surface area contributed by atoms with Crippen LogP contribution in [0.5, 0.6) is 11.5 Å². The predicted molar refractivity (Wildman–Crippen MR) is 116 cm³/mol. The van der Waals surface area contributed by atoms with Crippen LogP contribution < -0.4 is 9.64 Å². The van der Waals surface area contributed by atoms with E-state index >= 15 is 0 Å². The minimum Gasteiger partial charge on any atom is -0.504 e. The molecule has 0 saturated carbocycles. The summed E-state index contributed by atoms with van der Waals surface area (Å²) in [6, 6.07) is 8.81. The van der Waals surface area contributed by atoms with Crippen molar-refractivity contribution in [2.24, 2.45) is 11.3 Å². The van der Waals surface area contributed by atoms with Gasteiger partial charge in [-0.2, -0.15) is 0 Å². The molecular weight excluding hydrogens is 421 g/mol. The lowest BCUT2D eigenvalue weighted by molar-refractivity contribution is -0.127. The summed E-state index contributed by atoms with van der Waals surface area (Å²) in [6.45, 7) is 5.60. The first kappa shape index (κ1) is 21.1. The number of carbonyl (C=O) groups excluding carboxylic acids is 2. The highest BCUT2D eigenvalue weighted by molar-refractivity contribution is 6.31. The Balaban J connectivity index is 1.89. The first-order valence-electron chi connectivity index (χ1n) is 9.77. The van der Waals surface area contributed by atoms with Crippen LogP contribution in [0.3, 0.4) is 0 Å². The van der Waals surface area contributed by atoms with Crippen LogP contribution in [0.15, 0.2) is 60.7 Å². The molecule has 2 amide bonds. The van der Waals surface area contributed by atoms with Gasteiger partial charge in [-0.3, -0.25) is 9.59 Å². The number of carbonyl (C=O) groups is 2. The van der Waals surface area contributed by atoms with Crippen molar-refractivity contribution < 1.29 is 23.8 Å². The van der Waals surface area contributed by atoms with Gasteiger partial charge in [0.1, 0.15) is 5.82 Å². The minimum absolute atomic E-state index is 0.0897. The zero-order valence-corrected chi connectivity index (χ0v) is 17.8. The third-order valence-electron chi connectivity index (χ3n) is 6.39. The normalized spacial score (nSPS) is 25.3. The van der Waals surface area contributed by atoms with Crippen molar-refractivity contribution in [1.29, 1.82) is 0 Å². The van der Waals surface area contributed by atoms with E-state index < -0.39 is 29.0 Å². The number of phenols is 1. The van der Waals surface area contributed by atoms with E-state index in [4.69, 9.17) is 16.3 Å². The molecular formula is C24H21ClFNO4. The zero-order valence-electron chi connectivity index (χ0n) is 17.1. The molecule has 0 aromatic heterocycles. The molecule has 2 aliphatic rings. The number of phenolic OH excluding ortho intramolecular Hbond substituents is 1. The van der Waals surface area contributed by atoms with E-state index in [0.717, 1.165) is 16.5 Å². The van der Waals surface area contributed by atoms with E-state index in [1.165, 1.54) is 19.2 Å². The van der Waals surface area contributed by atoms with Gasteiger partial charge in [-0.15, -0.1) is 0 Å². The maximum Gasteiger partial charge on any atom is 0.241 e. The van der Waals surface area contributed by atoms with E-state index in [1.807, 2.05) is 6.08 Å². The van der Waals surface area contributed by atoms with Gasteiger partial charge in [-0.05, 0) is 43.2 Å². The third kappa shape index (κ3) is 2.97. The summed E-state index contributed by atoms with van der Waals surface area (Å²) in [5.74, 6) is -2.58. The molecule has 31 heavy (non-hydrogen) atoms. The largest absolute Gasteiger partial charge is 0.504 e. The number of hydrogen-bond donors (Lipinski definition) is 1. The number of imide groups is 1. The maximum absolute atomic E-state index is 13.8. The van der Waals surface area contributed by atoms with Gasteiger partial charge >= 0.3 is 0 Å². The highest BCUT2D eigenvalue weighted by atomic mass is 35.5. The zero-order chi connectivity index (χ0) is 22.5. The van der Waals surface area contributed by atoms with Gasteiger partial charge in [0.2, 0.25) is 11.8 Å². The summed E-state index contributed by atoms with van der Waals surface area (Å²) in [6.07, 6.45) is 3.85. The van der Waals surface area contributed by atoms with Crippen molar-refractivity contribution >= 4 is 29.1 Å². The van der Waals surface area contributed by atoms with Crippen molar-refractivity contribution in [3.8, 4) is 11.5 Å². The Morgan fingerprint density at radius 3 is 2.71 bits per heavy atom. The topological polar surface area (TPSA) is 66.8 Å². The molecule has 0 radical (unpaired) electrons. The van der Waals surface area contributed by atoms with Crippen LogP contribution in [0.2, 0.25) is 5.02 Å². The molecule has 2 aromatic carbocycles. The molecule has 7 heteroatoms. The number of amides is 2. The quantitative estimate of drug-likeness (QED) is 0.679. The molecule has 3 atom stereocenters. The average Bonchev–Trinajstić information content (AvgIpc) is 2.95. The molecule has 1 N–H and O–H groups in total. The molecule has 1 aliphatic carbocycles. The van der Waals surface area contributed by atoms with E-state index in [-0.39, 0.29) is 28.1 Å². The Morgan fingerprint density at radius 1 is 1.32 bits per heavy atom. The van der Waals surface area contributed by atoms with Crippen molar-refractivity contribution in [2.45, 2.75) is 19.3 Å². The van der Waals surface area contributed by atoms with Crippen molar-refractivity contribution in [1.82, 2.24) is 0 Å². The van der Waals surface area contributed by atoms with Crippen molar-refractivity contribution in [2.75, 3.05) is 12.0 Å². The molecule has 4 rings (SSSR count). The Morgan fingerprint density at radius 2 is 2.06 bits per heavy atom. The number of ether oxygens (including phenoxy) is 1. The standard InChI is InChI=1S/C24H21ClFNO4/c1-4-13-8-10-16-22(29)27(14-9-11-18(26)17(25)12-14)23(30)24(16,2)20(13)15-6-5-7-19(31-3)21(15)28/h4-9,11-12,16,20,28H,1,10H2,2-3H3. The van der Waals surface area contributed by atoms with Gasteiger partial charge in [0, 0.05) is 11.5 Å². The Labute approximate surface area is 184 Å². The summed E-state index contributed by atoms with van der Waals surface area (Å²) in [5, 5.41) is 10.7. The van der Waals surface area contributed by atoms with Gasteiger partial charge < -0.3 is 9.84 Å². The van der Waals surface area contributed by atoms with Gasteiger partial charge in [-0.1, -0.05) is 42.5 Å². The Kier molecular flexibility index (Phi) is 5.13. The maximum atomic E-state index is 13.8. The summed E-state index contributed by atoms with van der Waals surface area (Å²) in [7, 11) is 1.44. The lowest BCUT2D eigenvalue weighted by atomic mass is 9.60. The summed E-state index contributed by atoms with van der Waals surface area (Å²) in [5.41, 5.74) is 0.228. The van der Waals surface area contributed by atoms with Gasteiger partial charge in [-0.25, -0.2) is 9.29 Å². The van der Waals surface area contributed by atoms with Crippen molar-refractivity contribution in [3.63, 3.8) is 0 Å².